The van der Waals surface area contributed by atoms with Crippen LogP contribution >= 0.6 is 0 Å². The SMILES string of the molecule is C/C=C\c1c(C2=CC(C)(C)c3ccccc32)oc2c(-c3ccc(-c4ccc5c(c4)c4ccccc4n5-c4ccccc4)cc3)cccc12. The van der Waals surface area contributed by atoms with Gasteiger partial charge in [-0.25, -0.2) is 0 Å². The lowest BCUT2D eigenvalue weighted by Crippen LogP contribution is -2.10. The van der Waals surface area contributed by atoms with Gasteiger partial charge in [-0.1, -0.05) is 141 Å². The molecule has 0 spiro atoms. The summed E-state index contributed by atoms with van der Waals surface area (Å²) in [6, 6.07) is 50.3. The monoisotopic (exact) mass is 617 g/mol. The van der Waals surface area contributed by atoms with Crippen molar-refractivity contribution in [3.63, 3.8) is 0 Å². The Morgan fingerprint density at radius 1 is 0.583 bits per heavy atom. The molecular weight excluding hydrogens is 583 g/mol. The van der Waals surface area contributed by atoms with Crippen molar-refractivity contribution >= 4 is 44.4 Å². The molecule has 230 valence electrons. The quantitative estimate of drug-likeness (QED) is 0.188. The molecule has 1 aliphatic carbocycles. The van der Waals surface area contributed by atoms with E-state index in [1.54, 1.807) is 0 Å². The van der Waals surface area contributed by atoms with Crippen molar-refractivity contribution in [1.82, 2.24) is 4.57 Å². The van der Waals surface area contributed by atoms with Gasteiger partial charge in [0.1, 0.15) is 11.3 Å². The Morgan fingerprint density at radius 2 is 1.25 bits per heavy atom. The summed E-state index contributed by atoms with van der Waals surface area (Å²) < 4.78 is 9.25. The molecular formula is C46H35NO. The summed E-state index contributed by atoms with van der Waals surface area (Å²) in [6.07, 6.45) is 6.66. The first kappa shape index (κ1) is 28.4. The summed E-state index contributed by atoms with van der Waals surface area (Å²) >= 11 is 0. The average Bonchev–Trinajstić information content (AvgIpc) is 3.75. The highest BCUT2D eigenvalue weighted by Crippen LogP contribution is 2.47. The number of hydrogen-bond donors (Lipinski definition) is 0. The lowest BCUT2D eigenvalue weighted by atomic mass is 9.87. The summed E-state index contributed by atoms with van der Waals surface area (Å²) in [7, 11) is 0. The Bertz CT molecular complexity index is 2570. The molecule has 0 aliphatic heterocycles. The molecule has 8 aromatic rings. The zero-order chi connectivity index (χ0) is 32.4. The van der Waals surface area contributed by atoms with Crippen LogP contribution < -0.4 is 0 Å². The van der Waals surface area contributed by atoms with E-state index in [9.17, 15) is 0 Å². The molecule has 0 saturated heterocycles. The van der Waals surface area contributed by atoms with Gasteiger partial charge < -0.3 is 8.98 Å². The standard InChI is InChI=1S/C46H35NO/c1-4-13-37-38-19-12-18-34(44(38)48-45(37)40-29-46(2,3)41-20-10-8-16-35(40)41)31-24-22-30(23-25-31)32-26-27-43-39(28-32)36-17-9-11-21-42(36)47(43)33-14-6-5-7-15-33/h4-29H,1-3H3/b13-4-. The maximum Gasteiger partial charge on any atom is 0.143 e. The molecule has 0 radical (unpaired) electrons. The van der Waals surface area contributed by atoms with E-state index in [4.69, 9.17) is 4.42 Å². The molecule has 0 unspecified atom stereocenters. The summed E-state index contributed by atoms with van der Waals surface area (Å²) in [5.74, 6) is 0.938. The topological polar surface area (TPSA) is 18.1 Å². The highest BCUT2D eigenvalue weighted by molar-refractivity contribution is 6.10. The second-order valence-corrected chi connectivity index (χ2v) is 13.3. The van der Waals surface area contributed by atoms with Gasteiger partial charge in [-0.05, 0) is 65.1 Å². The third-order valence-electron chi connectivity index (χ3n) is 9.96. The van der Waals surface area contributed by atoms with Crippen LogP contribution in [0.15, 0.2) is 156 Å². The van der Waals surface area contributed by atoms with E-state index in [1.807, 2.05) is 0 Å². The smallest absolute Gasteiger partial charge is 0.143 e. The Hall–Kier alpha value is -5.86. The number of aromatic nitrogens is 1. The third kappa shape index (κ3) is 4.33. The first-order chi connectivity index (χ1) is 23.5. The number of nitrogens with zero attached hydrogens (tertiary/aromatic N) is 1. The summed E-state index contributed by atoms with van der Waals surface area (Å²) in [5, 5.41) is 3.65. The predicted octanol–water partition coefficient (Wildman–Crippen LogP) is 12.6. The molecule has 9 rings (SSSR count). The number of allylic oxidation sites excluding steroid dienone is 2. The predicted molar refractivity (Wildman–Crippen MR) is 203 cm³/mol. The van der Waals surface area contributed by atoms with Gasteiger partial charge in [0.15, 0.2) is 0 Å². The molecule has 6 aromatic carbocycles. The minimum absolute atomic E-state index is 0.0593. The first-order valence-electron chi connectivity index (χ1n) is 16.7. The minimum Gasteiger partial charge on any atom is -0.455 e. The van der Waals surface area contributed by atoms with Crippen molar-refractivity contribution in [2.75, 3.05) is 0 Å². The fraction of sp³-hybridized carbons (Fsp3) is 0.0870. The number of para-hydroxylation sites is 3. The molecule has 2 heteroatoms. The summed E-state index contributed by atoms with van der Waals surface area (Å²) in [6.45, 7) is 6.63. The third-order valence-corrected chi connectivity index (χ3v) is 9.96. The molecule has 2 heterocycles. The van der Waals surface area contributed by atoms with Crippen LogP contribution in [-0.2, 0) is 5.41 Å². The zero-order valence-corrected chi connectivity index (χ0v) is 27.4. The van der Waals surface area contributed by atoms with Crippen LogP contribution in [0.4, 0.5) is 0 Å². The molecule has 0 saturated carbocycles. The summed E-state index contributed by atoms with van der Waals surface area (Å²) in [5.41, 5.74) is 14.0. The van der Waals surface area contributed by atoms with Crippen molar-refractivity contribution in [1.29, 1.82) is 0 Å². The molecule has 2 nitrogen and oxygen atoms in total. The van der Waals surface area contributed by atoms with Gasteiger partial charge in [0, 0.05) is 44.0 Å². The maximum atomic E-state index is 6.89. The molecule has 0 fully saturated rings. The van der Waals surface area contributed by atoms with Gasteiger partial charge in [-0.15, -0.1) is 0 Å². The number of hydrogen-bond acceptors (Lipinski definition) is 1. The van der Waals surface area contributed by atoms with Crippen molar-refractivity contribution in [3.8, 4) is 27.9 Å². The molecule has 48 heavy (non-hydrogen) atoms. The van der Waals surface area contributed by atoms with E-state index in [0.29, 0.717) is 0 Å². The lowest BCUT2D eigenvalue weighted by molar-refractivity contribution is 0.600. The minimum atomic E-state index is -0.0593. The average molecular weight is 618 g/mol. The Morgan fingerprint density at radius 3 is 2.08 bits per heavy atom. The maximum absolute atomic E-state index is 6.89. The van der Waals surface area contributed by atoms with Gasteiger partial charge >= 0.3 is 0 Å². The van der Waals surface area contributed by atoms with Crippen LogP contribution in [0.5, 0.6) is 0 Å². The van der Waals surface area contributed by atoms with Crippen LogP contribution in [0.3, 0.4) is 0 Å². The zero-order valence-electron chi connectivity index (χ0n) is 27.4. The van der Waals surface area contributed by atoms with Crippen LogP contribution in [0, 0.1) is 0 Å². The van der Waals surface area contributed by atoms with Crippen molar-refractivity contribution < 1.29 is 4.42 Å². The van der Waals surface area contributed by atoms with Gasteiger partial charge in [0.2, 0.25) is 0 Å². The van der Waals surface area contributed by atoms with E-state index >= 15 is 0 Å². The second kappa shape index (κ2) is 10.9. The molecule has 1 aliphatic rings. The van der Waals surface area contributed by atoms with E-state index in [2.05, 4.69) is 183 Å². The van der Waals surface area contributed by atoms with Crippen LogP contribution in [0.1, 0.15) is 43.2 Å². The number of rotatable bonds is 5. The lowest BCUT2D eigenvalue weighted by Gasteiger charge is -2.16. The second-order valence-electron chi connectivity index (χ2n) is 13.3. The van der Waals surface area contributed by atoms with E-state index in [1.165, 1.54) is 55.3 Å². The van der Waals surface area contributed by atoms with Gasteiger partial charge in [-0.2, -0.15) is 0 Å². The molecule has 0 N–H and O–H groups in total. The van der Waals surface area contributed by atoms with Crippen LogP contribution in [-0.4, -0.2) is 4.57 Å². The Kier molecular flexibility index (Phi) is 6.42. The van der Waals surface area contributed by atoms with Crippen molar-refractivity contribution in [3.05, 3.63) is 174 Å². The van der Waals surface area contributed by atoms with E-state index in [-0.39, 0.29) is 5.41 Å². The fourth-order valence-corrected chi connectivity index (χ4v) is 7.73. The molecule has 0 amide bonds. The summed E-state index contributed by atoms with van der Waals surface area (Å²) in [4.78, 5) is 0. The first-order valence-corrected chi connectivity index (χ1v) is 16.7. The van der Waals surface area contributed by atoms with Crippen molar-refractivity contribution in [2.45, 2.75) is 26.2 Å². The fourth-order valence-electron chi connectivity index (χ4n) is 7.73. The van der Waals surface area contributed by atoms with Gasteiger partial charge in [0.25, 0.3) is 0 Å². The van der Waals surface area contributed by atoms with E-state index < -0.39 is 0 Å². The molecule has 2 aromatic heterocycles. The van der Waals surface area contributed by atoms with Crippen molar-refractivity contribution in [2.24, 2.45) is 0 Å². The number of benzene rings is 6. The largest absolute Gasteiger partial charge is 0.455 e. The van der Waals surface area contributed by atoms with E-state index in [0.717, 1.165) is 33.4 Å². The van der Waals surface area contributed by atoms with Gasteiger partial charge in [0.05, 0.1) is 11.0 Å². The normalized spacial score (nSPS) is 13.9. The Labute approximate surface area is 280 Å². The highest BCUT2D eigenvalue weighted by atomic mass is 16.3. The van der Waals surface area contributed by atoms with Gasteiger partial charge in [-0.3, -0.25) is 0 Å². The highest BCUT2D eigenvalue weighted by Gasteiger charge is 2.33. The van der Waals surface area contributed by atoms with Crippen LogP contribution in [0.25, 0.3) is 72.4 Å². The van der Waals surface area contributed by atoms with Crippen LogP contribution in [0.2, 0.25) is 0 Å². The Balaban J connectivity index is 1.14. The molecule has 0 bridgehead atoms. The number of fused-ring (bicyclic) bond motifs is 5. The number of furan rings is 1. The molecule has 0 atom stereocenters.